The van der Waals surface area contributed by atoms with E-state index in [0.717, 1.165) is 49.7 Å². The molecule has 0 bridgehead atoms. The zero-order valence-electron chi connectivity index (χ0n) is 16.2. The van der Waals surface area contributed by atoms with Crippen molar-refractivity contribution in [2.24, 2.45) is 7.05 Å². The highest BCUT2D eigenvalue weighted by Crippen LogP contribution is 2.44. The number of rotatable bonds is 3. The molecule has 3 aromatic carbocycles. The molecular weight excluding hydrogens is 358 g/mol. The van der Waals surface area contributed by atoms with Crippen molar-refractivity contribution in [2.75, 3.05) is 28.1 Å². The monoisotopic (exact) mass is 378 g/mol. The molecule has 0 amide bonds. The molecule has 0 spiro atoms. The first-order chi connectivity index (χ1) is 13.7. The van der Waals surface area contributed by atoms with Gasteiger partial charge in [0.2, 0.25) is 12.3 Å². The van der Waals surface area contributed by atoms with Crippen LogP contribution in [0.1, 0.15) is 0 Å². The predicted molar refractivity (Wildman–Crippen MR) is 106 cm³/mol. The maximum absolute atomic E-state index is 5.79. The van der Waals surface area contributed by atoms with E-state index in [1.54, 1.807) is 21.3 Å². The highest BCUT2D eigenvalue weighted by Gasteiger charge is 2.24. The van der Waals surface area contributed by atoms with Crippen molar-refractivity contribution in [3.05, 3.63) is 36.5 Å². The minimum Gasteiger partial charge on any atom is -0.496 e. The molecule has 1 aromatic heterocycles. The van der Waals surface area contributed by atoms with Gasteiger partial charge in [-0.15, -0.1) is 0 Å². The van der Waals surface area contributed by atoms with E-state index in [2.05, 4.69) is 10.8 Å². The summed E-state index contributed by atoms with van der Waals surface area (Å²) in [6.07, 6.45) is 2.06. The van der Waals surface area contributed by atoms with E-state index in [-0.39, 0.29) is 6.79 Å². The van der Waals surface area contributed by atoms with Crippen LogP contribution in [0.25, 0.3) is 32.4 Å². The van der Waals surface area contributed by atoms with Gasteiger partial charge in [-0.05, 0) is 35.7 Å². The maximum atomic E-state index is 5.79. The molecule has 6 nitrogen and oxygen atoms in total. The second kappa shape index (κ2) is 6.05. The number of hydrogen-bond acceptors (Lipinski definition) is 5. The second-order valence-corrected chi connectivity index (χ2v) is 6.73. The first-order valence-corrected chi connectivity index (χ1v) is 8.93. The Morgan fingerprint density at radius 2 is 1.57 bits per heavy atom. The van der Waals surface area contributed by atoms with E-state index in [1.807, 2.05) is 37.4 Å². The summed E-state index contributed by atoms with van der Waals surface area (Å²) in [6, 6.07) is 10.0. The lowest BCUT2D eigenvalue weighted by Gasteiger charge is -2.14. The zero-order valence-corrected chi connectivity index (χ0v) is 16.2. The molecule has 2 heterocycles. The summed E-state index contributed by atoms with van der Waals surface area (Å²) in [7, 11) is 7.00. The molecule has 0 unspecified atom stereocenters. The largest absolute Gasteiger partial charge is 0.496 e. The van der Waals surface area contributed by atoms with Gasteiger partial charge in [-0.3, -0.25) is 0 Å². The zero-order chi connectivity index (χ0) is 19.4. The number of benzene rings is 3. The molecule has 1 aliphatic heterocycles. The summed E-state index contributed by atoms with van der Waals surface area (Å²) in [5, 5.41) is 5.09. The van der Waals surface area contributed by atoms with Crippen LogP contribution >= 0.6 is 0 Å². The number of hydrogen-bond donors (Lipinski definition) is 0. The molecule has 0 N–H and O–H groups in total. The van der Waals surface area contributed by atoms with Gasteiger partial charge in [-0.25, -0.2) is 0 Å². The molecule has 4 aromatic rings. The molecule has 0 fully saturated rings. The third kappa shape index (κ3) is 2.17. The van der Waals surface area contributed by atoms with Crippen molar-refractivity contribution >= 4 is 32.4 Å². The van der Waals surface area contributed by atoms with E-state index >= 15 is 0 Å². The van der Waals surface area contributed by atoms with Crippen molar-refractivity contribution in [1.29, 1.82) is 0 Å². The van der Waals surface area contributed by atoms with Crippen molar-refractivity contribution in [1.82, 2.24) is 0 Å². The number of nitrogens with zero attached hydrogens (tertiary/aromatic N) is 1. The fourth-order valence-corrected chi connectivity index (χ4v) is 4.09. The number of aryl methyl sites for hydroxylation is 1. The average molecular weight is 378 g/mol. The molecule has 142 valence electrons. The van der Waals surface area contributed by atoms with Crippen molar-refractivity contribution in [3.8, 4) is 28.7 Å². The van der Waals surface area contributed by atoms with Crippen LogP contribution in [0, 0.1) is 0 Å². The number of aromatic nitrogens is 1. The van der Waals surface area contributed by atoms with E-state index in [9.17, 15) is 0 Å². The third-order valence-electron chi connectivity index (χ3n) is 5.32. The maximum Gasteiger partial charge on any atom is 0.231 e. The molecule has 28 heavy (non-hydrogen) atoms. The van der Waals surface area contributed by atoms with Gasteiger partial charge in [0.1, 0.15) is 12.8 Å². The highest BCUT2D eigenvalue weighted by molar-refractivity contribution is 6.18. The van der Waals surface area contributed by atoms with Crippen molar-refractivity contribution in [3.63, 3.8) is 0 Å². The Bertz CT molecular complexity index is 1270. The van der Waals surface area contributed by atoms with Gasteiger partial charge >= 0.3 is 0 Å². The third-order valence-corrected chi connectivity index (χ3v) is 5.32. The molecule has 0 aliphatic carbocycles. The fourth-order valence-electron chi connectivity index (χ4n) is 4.09. The molecular formula is C22H20NO5+. The van der Waals surface area contributed by atoms with Crippen LogP contribution in [-0.4, -0.2) is 28.1 Å². The molecule has 6 heteroatoms. The summed E-state index contributed by atoms with van der Waals surface area (Å²) in [5.74, 6) is 3.69. The quantitative estimate of drug-likeness (QED) is 0.402. The van der Waals surface area contributed by atoms with Crippen LogP contribution < -0.4 is 28.3 Å². The van der Waals surface area contributed by atoms with E-state index in [4.69, 9.17) is 23.7 Å². The number of fused-ring (bicyclic) bond motifs is 6. The van der Waals surface area contributed by atoms with Gasteiger partial charge < -0.3 is 23.7 Å². The summed E-state index contributed by atoms with van der Waals surface area (Å²) in [5.41, 5.74) is 1.05. The molecule has 0 atom stereocenters. The summed E-state index contributed by atoms with van der Waals surface area (Å²) in [6.45, 7) is 0.243. The van der Waals surface area contributed by atoms with Crippen LogP contribution in [-0.2, 0) is 7.05 Å². The second-order valence-electron chi connectivity index (χ2n) is 6.73. The number of pyridine rings is 1. The van der Waals surface area contributed by atoms with Crippen LogP contribution in [0.3, 0.4) is 0 Å². The highest BCUT2D eigenvalue weighted by atomic mass is 16.7. The summed E-state index contributed by atoms with van der Waals surface area (Å²) >= 11 is 0. The van der Waals surface area contributed by atoms with Gasteiger partial charge in [0.05, 0.1) is 37.5 Å². The summed E-state index contributed by atoms with van der Waals surface area (Å²) < 4.78 is 30.2. The van der Waals surface area contributed by atoms with Crippen LogP contribution in [0.2, 0.25) is 0 Å². The molecule has 0 saturated carbocycles. The topological polar surface area (TPSA) is 50.0 Å². The Labute approximate surface area is 161 Å². The van der Waals surface area contributed by atoms with Crippen LogP contribution in [0.4, 0.5) is 0 Å². The van der Waals surface area contributed by atoms with E-state index < -0.39 is 0 Å². The van der Waals surface area contributed by atoms with Gasteiger partial charge in [0.25, 0.3) is 0 Å². The lowest BCUT2D eigenvalue weighted by Crippen LogP contribution is -2.29. The molecule has 5 rings (SSSR count). The Morgan fingerprint density at radius 1 is 0.821 bits per heavy atom. The SMILES string of the molecule is COc1ccc2c(c[n+](C)c3c4cc5c(cc4cc(OC)c23)OCO5)c1OC. The van der Waals surface area contributed by atoms with Gasteiger partial charge in [-0.1, -0.05) is 0 Å². The Morgan fingerprint density at radius 3 is 2.29 bits per heavy atom. The Balaban J connectivity index is 2.00. The average Bonchev–Trinajstić information content (AvgIpc) is 3.17. The predicted octanol–water partition coefficient (Wildman–Crippen LogP) is 3.73. The molecule has 0 saturated heterocycles. The number of methoxy groups -OCH3 is 3. The van der Waals surface area contributed by atoms with Crippen LogP contribution in [0.15, 0.2) is 36.5 Å². The molecule has 0 radical (unpaired) electrons. The first-order valence-electron chi connectivity index (χ1n) is 8.93. The molecule has 1 aliphatic rings. The van der Waals surface area contributed by atoms with Gasteiger partial charge in [0.15, 0.2) is 29.2 Å². The van der Waals surface area contributed by atoms with Crippen LogP contribution in [0.5, 0.6) is 28.7 Å². The lowest BCUT2D eigenvalue weighted by atomic mass is 9.99. The van der Waals surface area contributed by atoms with Crippen molar-refractivity contribution in [2.45, 2.75) is 0 Å². The van der Waals surface area contributed by atoms with E-state index in [0.29, 0.717) is 11.5 Å². The Kier molecular flexibility index (Phi) is 3.62. The number of ether oxygens (including phenoxy) is 5. The first kappa shape index (κ1) is 16.7. The normalized spacial score (nSPS) is 12.7. The standard InChI is InChI=1S/C22H20NO5/c1-23-10-15-13(5-6-16(24-2)22(15)26-4)20-19(25-3)8-12-7-17-18(28-11-27-17)9-14(12)21(20)23/h5-10H,11H2,1-4H3/q+1. The fraction of sp³-hybridized carbons (Fsp3) is 0.227. The van der Waals surface area contributed by atoms with E-state index in [1.165, 1.54) is 0 Å². The minimum absolute atomic E-state index is 0.243. The lowest BCUT2D eigenvalue weighted by molar-refractivity contribution is -0.642. The summed E-state index contributed by atoms with van der Waals surface area (Å²) in [4.78, 5) is 0. The Hall–Kier alpha value is -3.41. The minimum atomic E-state index is 0.243. The van der Waals surface area contributed by atoms with Gasteiger partial charge in [0, 0.05) is 5.39 Å². The van der Waals surface area contributed by atoms with Crippen molar-refractivity contribution < 1.29 is 28.3 Å². The van der Waals surface area contributed by atoms with Gasteiger partial charge in [-0.2, -0.15) is 4.57 Å². The smallest absolute Gasteiger partial charge is 0.231 e.